The highest BCUT2D eigenvalue weighted by molar-refractivity contribution is 6.31. The van der Waals surface area contributed by atoms with Crippen molar-refractivity contribution in [2.45, 2.75) is 6.42 Å². The van der Waals surface area contributed by atoms with Crippen LogP contribution in [0, 0.1) is 23.0 Å². The molecule has 0 N–H and O–H groups in total. The third-order valence-electron chi connectivity index (χ3n) is 4.39. The van der Waals surface area contributed by atoms with Gasteiger partial charge in [-0.25, -0.2) is 8.78 Å². The summed E-state index contributed by atoms with van der Waals surface area (Å²) in [7, 11) is 0. The van der Waals surface area contributed by atoms with Crippen molar-refractivity contribution in [2.75, 3.05) is 31.1 Å². The van der Waals surface area contributed by atoms with Crippen LogP contribution < -0.4 is 4.90 Å². The Morgan fingerprint density at radius 3 is 2.31 bits per heavy atom. The van der Waals surface area contributed by atoms with Crippen molar-refractivity contribution in [3.63, 3.8) is 0 Å². The predicted molar refractivity (Wildman–Crippen MR) is 95.0 cm³/mol. The van der Waals surface area contributed by atoms with Gasteiger partial charge >= 0.3 is 0 Å². The van der Waals surface area contributed by atoms with Gasteiger partial charge in [0.15, 0.2) is 11.6 Å². The smallest absolute Gasteiger partial charge is 0.227 e. The molecule has 1 saturated heterocycles. The number of carbonyl (C=O) groups excluding carboxylic acids is 1. The largest absolute Gasteiger partial charge is 0.363 e. The molecule has 134 valence electrons. The highest BCUT2D eigenvalue weighted by Gasteiger charge is 2.25. The third kappa shape index (κ3) is 3.78. The van der Waals surface area contributed by atoms with Crippen LogP contribution >= 0.6 is 11.6 Å². The molecule has 0 radical (unpaired) electrons. The highest BCUT2D eigenvalue weighted by atomic mass is 35.5. The van der Waals surface area contributed by atoms with Gasteiger partial charge < -0.3 is 9.80 Å². The fraction of sp³-hybridized carbons (Fsp3) is 0.263. The van der Waals surface area contributed by atoms with Gasteiger partial charge in [-0.3, -0.25) is 4.79 Å². The second kappa shape index (κ2) is 7.71. The van der Waals surface area contributed by atoms with Crippen molar-refractivity contribution < 1.29 is 13.6 Å². The summed E-state index contributed by atoms with van der Waals surface area (Å²) in [5.74, 6) is -1.60. The Morgan fingerprint density at radius 1 is 1.12 bits per heavy atom. The van der Waals surface area contributed by atoms with E-state index in [0.29, 0.717) is 31.2 Å². The zero-order valence-corrected chi connectivity index (χ0v) is 14.6. The third-order valence-corrected chi connectivity index (χ3v) is 4.76. The van der Waals surface area contributed by atoms with Gasteiger partial charge in [-0.05, 0) is 23.8 Å². The van der Waals surface area contributed by atoms with E-state index in [-0.39, 0.29) is 23.6 Å². The molecule has 0 saturated carbocycles. The summed E-state index contributed by atoms with van der Waals surface area (Å²) in [4.78, 5) is 15.7. The summed E-state index contributed by atoms with van der Waals surface area (Å²) >= 11 is 6.08. The van der Waals surface area contributed by atoms with E-state index >= 15 is 0 Å². The van der Waals surface area contributed by atoms with E-state index in [4.69, 9.17) is 16.9 Å². The lowest BCUT2D eigenvalue weighted by Gasteiger charge is -2.36. The van der Waals surface area contributed by atoms with Gasteiger partial charge in [-0.15, -0.1) is 0 Å². The number of nitriles is 1. The second-order valence-electron chi connectivity index (χ2n) is 6.04. The Morgan fingerprint density at radius 2 is 1.73 bits per heavy atom. The summed E-state index contributed by atoms with van der Waals surface area (Å²) in [6, 6.07) is 10.9. The SMILES string of the molecule is N#Cc1cc(F)c(N2CCN(C(=O)Cc3ccccc3Cl)CC2)c(F)c1. The molecule has 2 aromatic carbocycles. The molecule has 2 aromatic rings. The van der Waals surface area contributed by atoms with Crippen LogP contribution in [-0.2, 0) is 11.2 Å². The Balaban J connectivity index is 1.65. The predicted octanol–water partition coefficient (Wildman–Crippen LogP) is 3.38. The zero-order chi connectivity index (χ0) is 18.7. The van der Waals surface area contributed by atoms with Crippen LogP contribution in [0.3, 0.4) is 0 Å². The molecule has 4 nitrogen and oxygen atoms in total. The molecule has 0 spiro atoms. The minimum Gasteiger partial charge on any atom is -0.363 e. The topological polar surface area (TPSA) is 47.3 Å². The lowest BCUT2D eigenvalue weighted by Crippen LogP contribution is -2.49. The number of nitrogens with zero attached hydrogens (tertiary/aromatic N) is 3. The lowest BCUT2D eigenvalue weighted by molar-refractivity contribution is -0.130. The number of carbonyl (C=O) groups is 1. The average Bonchev–Trinajstić information content (AvgIpc) is 2.63. The van der Waals surface area contributed by atoms with Crippen LogP contribution in [0.25, 0.3) is 0 Å². The number of hydrogen-bond donors (Lipinski definition) is 0. The van der Waals surface area contributed by atoms with E-state index in [2.05, 4.69) is 0 Å². The maximum atomic E-state index is 14.1. The normalized spacial score (nSPS) is 14.2. The zero-order valence-electron chi connectivity index (χ0n) is 13.9. The molecule has 0 atom stereocenters. The Hall–Kier alpha value is -2.65. The molecule has 0 bridgehead atoms. The van der Waals surface area contributed by atoms with Gasteiger partial charge in [0, 0.05) is 31.2 Å². The molecule has 7 heteroatoms. The number of rotatable bonds is 3. The van der Waals surface area contributed by atoms with E-state index in [0.717, 1.165) is 17.7 Å². The summed E-state index contributed by atoms with van der Waals surface area (Å²) in [5, 5.41) is 9.32. The van der Waals surface area contributed by atoms with Gasteiger partial charge in [-0.2, -0.15) is 5.26 Å². The average molecular weight is 376 g/mol. The molecule has 0 aliphatic carbocycles. The highest BCUT2D eigenvalue weighted by Crippen LogP contribution is 2.26. The van der Waals surface area contributed by atoms with Crippen LogP contribution in [0.2, 0.25) is 5.02 Å². The maximum Gasteiger partial charge on any atom is 0.227 e. The molecule has 1 amide bonds. The molecule has 1 aliphatic heterocycles. The summed E-state index contributed by atoms with van der Waals surface area (Å²) in [5.41, 5.74) is 0.547. The Labute approximate surface area is 155 Å². The second-order valence-corrected chi connectivity index (χ2v) is 6.44. The lowest BCUT2D eigenvalue weighted by atomic mass is 10.1. The molecule has 1 fully saturated rings. The van der Waals surface area contributed by atoms with Crippen molar-refractivity contribution in [2.24, 2.45) is 0 Å². The van der Waals surface area contributed by atoms with Crippen molar-refractivity contribution in [3.8, 4) is 6.07 Å². The number of benzene rings is 2. The van der Waals surface area contributed by atoms with Crippen molar-refractivity contribution >= 4 is 23.2 Å². The van der Waals surface area contributed by atoms with E-state index in [9.17, 15) is 13.6 Å². The molecule has 3 rings (SSSR count). The fourth-order valence-corrected chi connectivity index (χ4v) is 3.23. The Kier molecular flexibility index (Phi) is 5.38. The first-order valence-electron chi connectivity index (χ1n) is 8.15. The van der Waals surface area contributed by atoms with Crippen molar-refractivity contribution in [1.29, 1.82) is 5.26 Å². The maximum absolute atomic E-state index is 14.1. The summed E-state index contributed by atoms with van der Waals surface area (Å²) in [6.45, 7) is 1.35. The fourth-order valence-electron chi connectivity index (χ4n) is 3.03. The molecule has 26 heavy (non-hydrogen) atoms. The first-order valence-corrected chi connectivity index (χ1v) is 8.52. The van der Waals surface area contributed by atoms with E-state index < -0.39 is 11.6 Å². The number of amides is 1. The van der Waals surface area contributed by atoms with Crippen LogP contribution in [-0.4, -0.2) is 37.0 Å². The quantitative estimate of drug-likeness (QED) is 0.826. The number of hydrogen-bond acceptors (Lipinski definition) is 3. The van der Waals surface area contributed by atoms with Gasteiger partial charge in [0.25, 0.3) is 0 Å². The standard InChI is InChI=1S/C19H16ClF2N3O/c20-15-4-2-1-3-14(15)11-18(26)24-5-7-25(8-6-24)19-16(21)9-13(12-23)10-17(19)22/h1-4,9-10H,5-8,11H2. The molecule has 1 aliphatic rings. The Bertz CT molecular complexity index is 850. The number of piperazine rings is 1. The summed E-state index contributed by atoms with van der Waals surface area (Å²) in [6.07, 6.45) is 0.194. The minimum absolute atomic E-state index is 0.0581. The van der Waals surface area contributed by atoms with Crippen molar-refractivity contribution in [3.05, 3.63) is 64.2 Å². The van der Waals surface area contributed by atoms with E-state index in [1.165, 1.54) is 0 Å². The first kappa shape index (κ1) is 18.2. The van der Waals surface area contributed by atoms with Crippen LogP contribution in [0.4, 0.5) is 14.5 Å². The van der Waals surface area contributed by atoms with Gasteiger partial charge in [0.2, 0.25) is 5.91 Å². The minimum atomic E-state index is -0.766. The number of anilines is 1. The molecular weight excluding hydrogens is 360 g/mol. The molecule has 1 heterocycles. The van der Waals surface area contributed by atoms with E-state index in [1.807, 2.05) is 6.07 Å². The monoisotopic (exact) mass is 375 g/mol. The van der Waals surface area contributed by atoms with Crippen LogP contribution in [0.5, 0.6) is 0 Å². The van der Waals surface area contributed by atoms with E-state index in [1.54, 1.807) is 34.1 Å². The number of halogens is 3. The van der Waals surface area contributed by atoms with Gasteiger partial charge in [0.05, 0.1) is 18.1 Å². The first-order chi connectivity index (χ1) is 12.5. The molecule has 0 aromatic heterocycles. The van der Waals surface area contributed by atoms with Gasteiger partial charge in [-0.1, -0.05) is 29.8 Å². The molecular formula is C19H16ClF2N3O. The van der Waals surface area contributed by atoms with Crippen molar-refractivity contribution in [1.82, 2.24) is 4.90 Å². The van der Waals surface area contributed by atoms with Gasteiger partial charge in [0.1, 0.15) is 5.69 Å². The van der Waals surface area contributed by atoms with Crippen LogP contribution in [0.15, 0.2) is 36.4 Å². The summed E-state index contributed by atoms with van der Waals surface area (Å²) < 4.78 is 28.3. The molecule has 0 unspecified atom stereocenters. The van der Waals surface area contributed by atoms with Crippen LogP contribution in [0.1, 0.15) is 11.1 Å².